The second kappa shape index (κ2) is 12.7. The minimum absolute atomic E-state index is 0.0479. The van der Waals surface area contributed by atoms with Gasteiger partial charge in [-0.3, -0.25) is 9.10 Å². The van der Waals surface area contributed by atoms with E-state index in [2.05, 4.69) is 11.9 Å². The lowest BCUT2D eigenvalue weighted by Gasteiger charge is -2.35. The van der Waals surface area contributed by atoms with Crippen molar-refractivity contribution in [2.24, 2.45) is 0 Å². The van der Waals surface area contributed by atoms with Gasteiger partial charge in [0.15, 0.2) is 0 Å². The summed E-state index contributed by atoms with van der Waals surface area (Å²) in [4.78, 5) is 14.0. The number of hydrogen-bond acceptors (Lipinski definition) is 3. The van der Waals surface area contributed by atoms with Crippen LogP contribution >= 0.6 is 0 Å². The summed E-state index contributed by atoms with van der Waals surface area (Å²) >= 11 is 0. The van der Waals surface area contributed by atoms with Crippen LogP contribution in [0.15, 0.2) is 90.7 Å². The Bertz CT molecular complexity index is 1210. The van der Waals surface area contributed by atoms with Crippen molar-refractivity contribution in [3.8, 4) is 0 Å². The van der Waals surface area contributed by atoms with Crippen LogP contribution in [0.5, 0.6) is 0 Å². The lowest BCUT2D eigenvalue weighted by Crippen LogP contribution is -2.47. The summed E-state index contributed by atoms with van der Waals surface area (Å²) < 4.78 is 29.6. The SMILES string of the molecule is C=C(C)C=C(C=CC)N(C(C(=O)NC1CCCCC1)c1ccccc1C)S(=O)(=O)Cc1ccccc1. The summed E-state index contributed by atoms with van der Waals surface area (Å²) in [6, 6.07) is 15.6. The van der Waals surface area contributed by atoms with Crippen LogP contribution in [0.1, 0.15) is 68.7 Å². The van der Waals surface area contributed by atoms with Crippen molar-refractivity contribution >= 4 is 15.9 Å². The fourth-order valence-corrected chi connectivity index (χ4v) is 6.45. The first kappa shape index (κ1) is 27.5. The van der Waals surface area contributed by atoms with Crippen LogP contribution in [0.3, 0.4) is 0 Å². The van der Waals surface area contributed by atoms with E-state index in [-0.39, 0.29) is 17.7 Å². The zero-order valence-corrected chi connectivity index (χ0v) is 22.4. The molecule has 0 bridgehead atoms. The molecular formula is C30H38N2O3S. The Morgan fingerprint density at radius 1 is 1.08 bits per heavy atom. The van der Waals surface area contributed by atoms with E-state index in [9.17, 15) is 13.2 Å². The van der Waals surface area contributed by atoms with Crippen molar-refractivity contribution < 1.29 is 13.2 Å². The molecule has 2 aromatic carbocycles. The molecule has 1 amide bonds. The van der Waals surface area contributed by atoms with Gasteiger partial charge < -0.3 is 5.32 Å². The summed E-state index contributed by atoms with van der Waals surface area (Å²) in [6.07, 6.45) is 10.4. The van der Waals surface area contributed by atoms with Gasteiger partial charge in [0.05, 0.1) is 11.4 Å². The summed E-state index contributed by atoms with van der Waals surface area (Å²) in [5, 5.41) is 3.19. The number of rotatable bonds is 10. The van der Waals surface area contributed by atoms with Gasteiger partial charge in [0, 0.05) is 6.04 Å². The zero-order valence-electron chi connectivity index (χ0n) is 21.6. The van der Waals surface area contributed by atoms with Gasteiger partial charge in [0.1, 0.15) is 6.04 Å². The Hall–Kier alpha value is -3.12. The molecule has 0 aromatic heterocycles. The minimum atomic E-state index is -3.98. The molecule has 3 rings (SSSR count). The molecule has 36 heavy (non-hydrogen) atoms. The summed E-state index contributed by atoms with van der Waals surface area (Å²) in [7, 11) is -3.98. The maximum atomic E-state index is 14.2. The fourth-order valence-electron chi connectivity index (χ4n) is 4.73. The molecule has 2 aromatic rings. The number of hydrogen-bond donors (Lipinski definition) is 1. The monoisotopic (exact) mass is 506 g/mol. The average Bonchev–Trinajstić information content (AvgIpc) is 2.83. The third-order valence-corrected chi connectivity index (χ3v) is 8.11. The van der Waals surface area contributed by atoms with E-state index >= 15 is 0 Å². The first-order valence-electron chi connectivity index (χ1n) is 12.6. The van der Waals surface area contributed by atoms with Gasteiger partial charge in [0.25, 0.3) is 0 Å². The number of amides is 1. The highest BCUT2D eigenvalue weighted by Crippen LogP contribution is 2.34. The van der Waals surface area contributed by atoms with E-state index in [1.165, 1.54) is 4.31 Å². The maximum absolute atomic E-state index is 14.2. The number of nitrogens with zero attached hydrogens (tertiary/aromatic N) is 1. The summed E-state index contributed by atoms with van der Waals surface area (Å²) in [5.74, 6) is -0.525. The lowest BCUT2D eigenvalue weighted by molar-refractivity contribution is -0.125. The maximum Gasteiger partial charge on any atom is 0.248 e. The van der Waals surface area contributed by atoms with Crippen LogP contribution in [0.4, 0.5) is 0 Å². The molecule has 1 aliphatic carbocycles. The van der Waals surface area contributed by atoms with Gasteiger partial charge in [-0.25, -0.2) is 8.42 Å². The molecule has 5 nitrogen and oxygen atoms in total. The van der Waals surface area contributed by atoms with Crippen molar-refractivity contribution in [3.63, 3.8) is 0 Å². The highest BCUT2D eigenvalue weighted by atomic mass is 32.2. The van der Waals surface area contributed by atoms with E-state index in [0.717, 1.165) is 37.7 Å². The standard InChI is InChI=1S/C30H38N2O3S/c1-5-14-27(21-23(2)3)32(36(34,35)22-25-16-8-6-9-17-25)29(28-20-13-12-15-24(28)4)30(33)31-26-18-10-7-11-19-26/h5-6,8-9,12-17,20-21,26,29H,2,7,10-11,18-19,22H2,1,3-4H3,(H,31,33). The average molecular weight is 507 g/mol. The number of aryl methyl sites for hydroxylation is 1. The quantitative estimate of drug-likeness (QED) is 0.382. The molecule has 1 N–H and O–H groups in total. The molecule has 0 saturated heterocycles. The zero-order chi connectivity index (χ0) is 26.1. The highest BCUT2D eigenvalue weighted by Gasteiger charge is 2.38. The number of nitrogens with one attached hydrogen (secondary N) is 1. The Kier molecular flexibility index (Phi) is 9.71. The topological polar surface area (TPSA) is 66.5 Å². The lowest BCUT2D eigenvalue weighted by atomic mass is 9.94. The van der Waals surface area contributed by atoms with Crippen molar-refractivity contribution in [3.05, 3.63) is 107 Å². The Balaban J connectivity index is 2.19. The Labute approximate surface area is 216 Å². The van der Waals surface area contributed by atoms with Crippen molar-refractivity contribution in [2.45, 2.75) is 70.7 Å². The van der Waals surface area contributed by atoms with E-state index < -0.39 is 16.1 Å². The van der Waals surface area contributed by atoms with Crippen molar-refractivity contribution in [1.82, 2.24) is 9.62 Å². The molecule has 1 atom stereocenters. The molecule has 0 spiro atoms. The second-order valence-corrected chi connectivity index (χ2v) is 11.4. The van der Waals surface area contributed by atoms with Crippen LogP contribution in [0.25, 0.3) is 0 Å². The molecule has 0 radical (unpaired) electrons. The van der Waals surface area contributed by atoms with Crippen LogP contribution in [-0.2, 0) is 20.6 Å². The molecule has 1 fully saturated rings. The third kappa shape index (κ3) is 7.20. The molecule has 1 aliphatic rings. The predicted octanol–water partition coefficient (Wildman–Crippen LogP) is 6.35. The minimum Gasteiger partial charge on any atom is -0.351 e. The van der Waals surface area contributed by atoms with Crippen LogP contribution in [0, 0.1) is 6.92 Å². The van der Waals surface area contributed by atoms with Gasteiger partial charge in [-0.05, 0) is 62.5 Å². The van der Waals surface area contributed by atoms with Gasteiger partial charge in [-0.15, -0.1) is 0 Å². The number of sulfonamides is 1. The van der Waals surface area contributed by atoms with Crippen LogP contribution in [0.2, 0.25) is 0 Å². The molecule has 0 heterocycles. The Morgan fingerprint density at radius 2 is 1.72 bits per heavy atom. The number of carbonyl (C=O) groups excluding carboxylic acids is 1. The third-order valence-electron chi connectivity index (χ3n) is 6.40. The highest BCUT2D eigenvalue weighted by molar-refractivity contribution is 7.88. The van der Waals surface area contributed by atoms with Gasteiger partial charge in [0.2, 0.25) is 15.9 Å². The van der Waals surface area contributed by atoms with Crippen molar-refractivity contribution in [1.29, 1.82) is 0 Å². The molecule has 1 saturated carbocycles. The number of allylic oxidation sites excluding steroid dienone is 4. The molecular weight excluding hydrogens is 468 g/mol. The molecule has 0 aliphatic heterocycles. The van der Waals surface area contributed by atoms with Gasteiger partial charge in [-0.2, -0.15) is 0 Å². The van der Waals surface area contributed by atoms with Gasteiger partial charge in [-0.1, -0.05) is 92.1 Å². The summed E-state index contributed by atoms with van der Waals surface area (Å²) in [5.41, 5.74) is 3.29. The normalized spacial score (nSPS) is 16.0. The molecule has 192 valence electrons. The number of carbonyl (C=O) groups is 1. The first-order valence-corrected chi connectivity index (χ1v) is 14.3. The fraction of sp³-hybridized carbons (Fsp3) is 0.367. The van der Waals surface area contributed by atoms with E-state index in [1.807, 2.05) is 63.2 Å². The predicted molar refractivity (Wildman–Crippen MR) is 148 cm³/mol. The van der Waals surface area contributed by atoms with E-state index in [0.29, 0.717) is 22.4 Å². The smallest absolute Gasteiger partial charge is 0.248 e. The molecule has 6 heteroatoms. The van der Waals surface area contributed by atoms with E-state index in [1.54, 1.807) is 30.4 Å². The second-order valence-electron chi connectivity index (χ2n) is 9.56. The Morgan fingerprint density at radius 3 is 2.33 bits per heavy atom. The van der Waals surface area contributed by atoms with Crippen molar-refractivity contribution in [2.75, 3.05) is 0 Å². The summed E-state index contributed by atoms with van der Waals surface area (Å²) in [6.45, 7) is 9.54. The van der Waals surface area contributed by atoms with E-state index in [4.69, 9.17) is 0 Å². The first-order chi connectivity index (χ1) is 17.2. The van der Waals surface area contributed by atoms with Crippen LogP contribution < -0.4 is 5.32 Å². The molecule has 1 unspecified atom stereocenters. The largest absolute Gasteiger partial charge is 0.351 e. The van der Waals surface area contributed by atoms with Gasteiger partial charge >= 0.3 is 0 Å². The number of benzene rings is 2. The van der Waals surface area contributed by atoms with Crippen LogP contribution in [-0.4, -0.2) is 24.7 Å².